The van der Waals surface area contributed by atoms with Crippen LogP contribution in [0.1, 0.15) is 18.7 Å². The van der Waals surface area contributed by atoms with Crippen LogP contribution in [-0.4, -0.2) is 28.3 Å². The highest BCUT2D eigenvalue weighted by atomic mass is 16.4. The summed E-state index contributed by atoms with van der Waals surface area (Å²) >= 11 is 0. The van der Waals surface area contributed by atoms with E-state index in [-0.39, 0.29) is 0 Å². The van der Waals surface area contributed by atoms with Crippen LogP contribution in [0.5, 0.6) is 0 Å². The molecule has 5 nitrogen and oxygen atoms in total. The highest BCUT2D eigenvalue weighted by molar-refractivity contribution is 4.60. The minimum atomic E-state index is 0.606. The van der Waals surface area contributed by atoms with Gasteiger partial charge in [-0.3, -0.25) is 5.84 Å². The predicted octanol–water partition coefficient (Wildman–Crippen LogP) is 0.334. The number of aryl methyl sites for hydroxylation is 1. The van der Waals surface area contributed by atoms with Crippen molar-refractivity contribution in [3.8, 4) is 0 Å². The zero-order valence-electron chi connectivity index (χ0n) is 7.23. The molecule has 0 aromatic carbocycles. The first-order valence-electron chi connectivity index (χ1n) is 4.01. The molecule has 2 N–H and O–H groups in total. The number of rotatable bonds is 0. The van der Waals surface area contributed by atoms with Crippen LogP contribution in [0.25, 0.3) is 0 Å². The zero-order chi connectivity index (χ0) is 8.81. The van der Waals surface area contributed by atoms with Crippen molar-refractivity contribution in [3.05, 3.63) is 12.3 Å². The number of nitrogens with two attached hydrogens (primary N) is 1. The van der Waals surface area contributed by atoms with Gasteiger partial charge in [-0.15, -0.1) is 10.2 Å². The molecule has 0 aliphatic carbocycles. The number of hydrazine groups is 1. The van der Waals surface area contributed by atoms with Gasteiger partial charge in [0.15, 0.2) is 0 Å². The van der Waals surface area contributed by atoms with Gasteiger partial charge in [0.25, 0.3) is 0 Å². The van der Waals surface area contributed by atoms with Gasteiger partial charge in [0.2, 0.25) is 12.3 Å². The van der Waals surface area contributed by atoms with Crippen molar-refractivity contribution in [1.82, 2.24) is 15.2 Å². The van der Waals surface area contributed by atoms with Crippen molar-refractivity contribution in [2.75, 3.05) is 13.1 Å². The molecule has 0 bridgehead atoms. The van der Waals surface area contributed by atoms with E-state index in [9.17, 15) is 0 Å². The quantitative estimate of drug-likeness (QED) is 0.568. The maximum absolute atomic E-state index is 5.37. The summed E-state index contributed by atoms with van der Waals surface area (Å²) in [5, 5.41) is 8.77. The molecule has 2 rings (SSSR count). The maximum atomic E-state index is 5.37. The van der Waals surface area contributed by atoms with E-state index in [1.54, 1.807) is 6.92 Å². The van der Waals surface area contributed by atoms with E-state index in [4.69, 9.17) is 5.84 Å². The van der Waals surface area contributed by atoms with Crippen molar-refractivity contribution < 1.29 is 4.42 Å². The fraction of sp³-hybridized carbons (Fsp3) is 0.714. The van der Waals surface area contributed by atoms with E-state index in [2.05, 4.69) is 14.6 Å². The first-order valence-corrected chi connectivity index (χ1v) is 4.01. The second-order valence-electron chi connectivity index (χ2n) is 2.70. The monoisotopic (exact) mass is 170 g/mol. The van der Waals surface area contributed by atoms with Crippen LogP contribution in [0.15, 0.2) is 10.8 Å². The summed E-state index contributed by atoms with van der Waals surface area (Å²) in [4.78, 5) is 0. The van der Waals surface area contributed by atoms with Crippen LogP contribution in [0.2, 0.25) is 0 Å². The Labute approximate surface area is 71.5 Å². The zero-order valence-corrected chi connectivity index (χ0v) is 7.23. The molecule has 0 radical (unpaired) electrons. The summed E-state index contributed by atoms with van der Waals surface area (Å²) in [6, 6.07) is 0. The average molecular weight is 170 g/mol. The molecule has 1 aliphatic heterocycles. The van der Waals surface area contributed by atoms with Gasteiger partial charge in [0.1, 0.15) is 0 Å². The number of hydrogen-bond donors (Lipinski definition) is 1. The summed E-state index contributed by atoms with van der Waals surface area (Å²) in [6.07, 6.45) is 3.88. The van der Waals surface area contributed by atoms with Gasteiger partial charge in [-0.1, -0.05) is 0 Å². The molecule has 0 saturated carbocycles. The van der Waals surface area contributed by atoms with Crippen molar-refractivity contribution in [3.63, 3.8) is 0 Å². The molecule has 68 valence electrons. The normalized spacial score (nSPS) is 17.2. The van der Waals surface area contributed by atoms with Crippen LogP contribution in [0, 0.1) is 6.92 Å². The summed E-state index contributed by atoms with van der Waals surface area (Å²) in [6.45, 7) is 3.94. The molecule has 1 aliphatic rings. The second kappa shape index (κ2) is 4.84. The summed E-state index contributed by atoms with van der Waals surface area (Å²) < 4.78 is 4.61. The van der Waals surface area contributed by atoms with Crippen LogP contribution in [0.3, 0.4) is 0 Å². The van der Waals surface area contributed by atoms with Crippen LogP contribution in [0.4, 0.5) is 0 Å². The molecule has 0 atom stereocenters. The van der Waals surface area contributed by atoms with Gasteiger partial charge in [0.05, 0.1) is 0 Å². The van der Waals surface area contributed by atoms with Gasteiger partial charge >= 0.3 is 0 Å². The highest BCUT2D eigenvalue weighted by Crippen LogP contribution is 1.99. The third kappa shape index (κ3) is 3.45. The minimum Gasteiger partial charge on any atom is -0.428 e. The number of hydrogen-bond acceptors (Lipinski definition) is 5. The summed E-state index contributed by atoms with van der Waals surface area (Å²) in [5.41, 5.74) is 0. The Morgan fingerprint density at radius 3 is 2.33 bits per heavy atom. The lowest BCUT2D eigenvalue weighted by atomic mass is 10.4. The molecule has 12 heavy (non-hydrogen) atoms. The Morgan fingerprint density at radius 1 is 1.50 bits per heavy atom. The average Bonchev–Trinajstić information content (AvgIpc) is 2.63. The Bertz CT molecular complexity index is 193. The van der Waals surface area contributed by atoms with Gasteiger partial charge < -0.3 is 4.42 Å². The molecule has 1 aromatic rings. The standard InChI is InChI=1S/C4H10N2.C3H4N2O/c5-6-3-1-2-4-6;1-3-5-4-2-6-3/h1-5H2;2H,1H3. The third-order valence-electron chi connectivity index (χ3n) is 1.61. The Morgan fingerprint density at radius 2 is 2.17 bits per heavy atom. The van der Waals surface area contributed by atoms with Crippen molar-refractivity contribution in [2.24, 2.45) is 5.84 Å². The molecule has 1 fully saturated rings. The lowest BCUT2D eigenvalue weighted by Crippen LogP contribution is -2.26. The molecule has 0 unspecified atom stereocenters. The van der Waals surface area contributed by atoms with Crippen molar-refractivity contribution in [1.29, 1.82) is 0 Å². The molecular weight excluding hydrogens is 156 g/mol. The number of aromatic nitrogens is 2. The lowest BCUT2D eigenvalue weighted by Gasteiger charge is -2.01. The smallest absolute Gasteiger partial charge is 0.213 e. The van der Waals surface area contributed by atoms with E-state index >= 15 is 0 Å². The topological polar surface area (TPSA) is 68.2 Å². The number of nitrogens with zero attached hydrogens (tertiary/aromatic N) is 3. The van der Waals surface area contributed by atoms with Crippen LogP contribution >= 0.6 is 0 Å². The first kappa shape index (κ1) is 9.15. The fourth-order valence-corrected chi connectivity index (χ4v) is 0.970. The fourth-order valence-electron chi connectivity index (χ4n) is 0.970. The van der Waals surface area contributed by atoms with Gasteiger partial charge in [0, 0.05) is 20.0 Å². The SMILES string of the molecule is Cc1nnco1.NN1CCCC1. The largest absolute Gasteiger partial charge is 0.428 e. The Kier molecular flexibility index (Phi) is 3.69. The first-order chi connectivity index (χ1) is 5.79. The van der Waals surface area contributed by atoms with E-state index < -0.39 is 0 Å². The van der Waals surface area contributed by atoms with Gasteiger partial charge in [-0.25, -0.2) is 5.01 Å². The minimum absolute atomic E-state index is 0.606. The van der Waals surface area contributed by atoms with Gasteiger partial charge in [-0.05, 0) is 12.8 Å². The molecule has 0 amide bonds. The summed E-state index contributed by atoms with van der Waals surface area (Å²) in [5.74, 6) is 5.97. The Hall–Kier alpha value is -0.940. The molecular formula is C7H14N4O. The maximum Gasteiger partial charge on any atom is 0.213 e. The third-order valence-corrected chi connectivity index (χ3v) is 1.61. The van der Waals surface area contributed by atoms with E-state index in [0.717, 1.165) is 13.1 Å². The van der Waals surface area contributed by atoms with Crippen LogP contribution < -0.4 is 5.84 Å². The molecule has 1 saturated heterocycles. The van der Waals surface area contributed by atoms with Crippen LogP contribution in [-0.2, 0) is 0 Å². The molecule has 0 spiro atoms. The lowest BCUT2D eigenvalue weighted by molar-refractivity contribution is 0.355. The van der Waals surface area contributed by atoms with E-state index in [1.165, 1.54) is 19.2 Å². The van der Waals surface area contributed by atoms with Crippen molar-refractivity contribution in [2.45, 2.75) is 19.8 Å². The molecule has 1 aromatic heterocycles. The van der Waals surface area contributed by atoms with E-state index in [0.29, 0.717) is 5.89 Å². The summed E-state index contributed by atoms with van der Waals surface area (Å²) in [7, 11) is 0. The highest BCUT2D eigenvalue weighted by Gasteiger charge is 2.03. The molecule has 5 heteroatoms. The Balaban J connectivity index is 0.000000120. The molecule has 2 heterocycles. The van der Waals surface area contributed by atoms with Crippen molar-refractivity contribution >= 4 is 0 Å². The van der Waals surface area contributed by atoms with E-state index in [1.807, 2.05) is 5.01 Å². The second-order valence-corrected chi connectivity index (χ2v) is 2.70. The predicted molar refractivity (Wildman–Crippen MR) is 44.0 cm³/mol. The van der Waals surface area contributed by atoms with Gasteiger partial charge in [-0.2, -0.15) is 0 Å².